The Balaban J connectivity index is 1.76. The Bertz CT molecular complexity index is 953. The zero-order valence-electron chi connectivity index (χ0n) is 15.5. The highest BCUT2D eigenvalue weighted by atomic mass is 32.2. The third-order valence-corrected chi connectivity index (χ3v) is 7.04. The molecule has 6 heteroatoms. The summed E-state index contributed by atoms with van der Waals surface area (Å²) in [6.45, 7) is 4.46. The number of carbonyl (C=O) groups is 1. The van der Waals surface area contributed by atoms with Crippen molar-refractivity contribution in [3.8, 4) is 0 Å². The molecule has 0 aromatic heterocycles. The van der Waals surface area contributed by atoms with Crippen LogP contribution in [0.3, 0.4) is 0 Å². The first-order valence-corrected chi connectivity index (χ1v) is 11.5. The minimum Gasteiger partial charge on any atom is -0.330 e. The number of hydrogen-bond acceptors (Lipinski definition) is 4. The van der Waals surface area contributed by atoms with Crippen LogP contribution in [0.15, 0.2) is 64.9 Å². The van der Waals surface area contributed by atoms with Gasteiger partial charge in [0.15, 0.2) is 9.84 Å². The molecule has 0 saturated heterocycles. The zero-order valence-corrected chi connectivity index (χ0v) is 17.1. The molecule has 0 N–H and O–H groups in total. The van der Waals surface area contributed by atoms with Crippen molar-refractivity contribution in [3.05, 3.63) is 76.7 Å². The number of amides is 1. The number of benzene rings is 2. The number of hydrogen-bond donors (Lipinski definition) is 0. The monoisotopic (exact) mass is 401 g/mol. The van der Waals surface area contributed by atoms with E-state index in [0.29, 0.717) is 6.54 Å². The highest BCUT2D eigenvalue weighted by Crippen LogP contribution is 2.25. The minimum absolute atomic E-state index is 0.0420. The molecule has 2 aromatic carbocycles. The van der Waals surface area contributed by atoms with Gasteiger partial charge in [-0.3, -0.25) is 4.79 Å². The Labute approximate surface area is 165 Å². The quantitative estimate of drug-likeness (QED) is 0.692. The van der Waals surface area contributed by atoms with Gasteiger partial charge in [-0.15, -0.1) is 11.8 Å². The molecule has 0 bridgehead atoms. The van der Waals surface area contributed by atoms with Crippen molar-refractivity contribution in [1.82, 2.24) is 4.90 Å². The molecule has 1 atom stereocenters. The second-order valence-corrected chi connectivity index (χ2v) is 9.74. The summed E-state index contributed by atoms with van der Waals surface area (Å²) in [5.41, 5.74) is 3.28. The molecule has 0 spiro atoms. The van der Waals surface area contributed by atoms with Crippen LogP contribution in [0.25, 0.3) is 0 Å². The molecule has 142 valence electrons. The maximum atomic E-state index is 13.0. The number of nitrogens with zero attached hydrogens (tertiary/aromatic N) is 1. The third-order valence-electron chi connectivity index (χ3n) is 4.52. The summed E-state index contributed by atoms with van der Waals surface area (Å²) >= 11 is 1.50. The van der Waals surface area contributed by atoms with E-state index in [9.17, 15) is 13.2 Å². The lowest BCUT2D eigenvalue weighted by Crippen LogP contribution is -2.41. The summed E-state index contributed by atoms with van der Waals surface area (Å²) in [4.78, 5) is 15.7. The van der Waals surface area contributed by atoms with E-state index < -0.39 is 15.9 Å². The van der Waals surface area contributed by atoms with Gasteiger partial charge in [0.25, 0.3) is 0 Å². The normalized spacial score (nSPS) is 17.8. The Morgan fingerprint density at radius 3 is 2.56 bits per heavy atom. The second-order valence-electron chi connectivity index (χ2n) is 6.79. The molecule has 0 radical (unpaired) electrons. The zero-order chi connectivity index (χ0) is 19.4. The molecule has 1 heterocycles. The SMILES string of the molecule is Cc1ccc(C)c(SCC(=O)N(Cc2ccccc2)[C@@H]2C=CS(=O)(=O)C2)c1. The van der Waals surface area contributed by atoms with Crippen LogP contribution in [0.5, 0.6) is 0 Å². The first kappa shape index (κ1) is 19.7. The summed E-state index contributed by atoms with van der Waals surface area (Å²) in [6.07, 6.45) is 1.62. The maximum absolute atomic E-state index is 13.0. The molecule has 1 aliphatic rings. The minimum atomic E-state index is -3.23. The van der Waals surface area contributed by atoms with Crippen LogP contribution in [0, 0.1) is 13.8 Å². The molecule has 0 fully saturated rings. The lowest BCUT2D eigenvalue weighted by atomic mass is 10.2. The molecule has 0 aliphatic carbocycles. The van der Waals surface area contributed by atoms with Gasteiger partial charge in [0.1, 0.15) is 0 Å². The van der Waals surface area contributed by atoms with E-state index in [0.717, 1.165) is 21.6 Å². The van der Waals surface area contributed by atoms with Crippen LogP contribution in [-0.2, 0) is 21.2 Å². The summed E-state index contributed by atoms with van der Waals surface area (Å²) in [5.74, 6) is 0.179. The molecule has 1 amide bonds. The molecule has 4 nitrogen and oxygen atoms in total. The first-order chi connectivity index (χ1) is 12.8. The van der Waals surface area contributed by atoms with Crippen molar-refractivity contribution < 1.29 is 13.2 Å². The van der Waals surface area contributed by atoms with Gasteiger partial charge < -0.3 is 4.90 Å². The molecule has 27 heavy (non-hydrogen) atoms. The van der Waals surface area contributed by atoms with E-state index in [1.54, 1.807) is 11.0 Å². The van der Waals surface area contributed by atoms with Gasteiger partial charge in [-0.1, -0.05) is 48.0 Å². The maximum Gasteiger partial charge on any atom is 0.233 e. The molecule has 0 saturated carbocycles. The van der Waals surface area contributed by atoms with Crippen LogP contribution in [0.4, 0.5) is 0 Å². The summed E-state index contributed by atoms with van der Waals surface area (Å²) in [5, 5.41) is 1.22. The number of aryl methyl sites for hydroxylation is 2. The van der Waals surface area contributed by atoms with Crippen LogP contribution < -0.4 is 0 Å². The largest absolute Gasteiger partial charge is 0.330 e. The fraction of sp³-hybridized carbons (Fsp3) is 0.286. The van der Waals surface area contributed by atoms with Crippen molar-refractivity contribution in [2.75, 3.05) is 11.5 Å². The van der Waals surface area contributed by atoms with E-state index in [1.165, 1.54) is 17.2 Å². The third kappa shape index (κ3) is 5.23. The lowest BCUT2D eigenvalue weighted by molar-refractivity contribution is -0.130. The van der Waals surface area contributed by atoms with Crippen molar-refractivity contribution >= 4 is 27.5 Å². The van der Waals surface area contributed by atoms with Gasteiger partial charge in [0.2, 0.25) is 5.91 Å². The molecule has 3 rings (SSSR count). The molecule has 2 aromatic rings. The van der Waals surface area contributed by atoms with Gasteiger partial charge in [0, 0.05) is 16.8 Å². The number of rotatable bonds is 6. The fourth-order valence-electron chi connectivity index (χ4n) is 3.01. The van der Waals surface area contributed by atoms with Crippen molar-refractivity contribution in [2.45, 2.75) is 31.3 Å². The van der Waals surface area contributed by atoms with Crippen LogP contribution in [-0.4, -0.2) is 36.8 Å². The predicted octanol–water partition coefficient (Wildman–Crippen LogP) is 3.74. The van der Waals surface area contributed by atoms with Gasteiger partial charge in [-0.2, -0.15) is 0 Å². The van der Waals surface area contributed by atoms with Gasteiger partial charge in [0.05, 0.1) is 17.5 Å². The number of carbonyl (C=O) groups excluding carboxylic acids is 1. The average molecular weight is 402 g/mol. The average Bonchev–Trinajstić information content (AvgIpc) is 3.00. The summed E-state index contributed by atoms with van der Waals surface area (Å²) in [6, 6.07) is 15.4. The molecular weight excluding hydrogens is 378 g/mol. The van der Waals surface area contributed by atoms with Crippen molar-refractivity contribution in [1.29, 1.82) is 0 Å². The Kier molecular flexibility index (Phi) is 6.07. The number of thioether (sulfide) groups is 1. The second kappa shape index (κ2) is 8.31. The van der Waals surface area contributed by atoms with E-state index in [2.05, 4.69) is 18.2 Å². The van der Waals surface area contributed by atoms with Crippen LogP contribution in [0.1, 0.15) is 16.7 Å². The van der Waals surface area contributed by atoms with E-state index in [4.69, 9.17) is 0 Å². The topological polar surface area (TPSA) is 54.5 Å². The smallest absolute Gasteiger partial charge is 0.233 e. The van der Waals surface area contributed by atoms with E-state index in [1.807, 2.05) is 44.2 Å². The first-order valence-electron chi connectivity index (χ1n) is 8.78. The fourth-order valence-corrected chi connectivity index (χ4v) is 5.32. The summed E-state index contributed by atoms with van der Waals surface area (Å²) in [7, 11) is -3.23. The van der Waals surface area contributed by atoms with Crippen molar-refractivity contribution in [3.63, 3.8) is 0 Å². The highest BCUT2D eigenvalue weighted by molar-refractivity contribution is 8.00. The van der Waals surface area contributed by atoms with Gasteiger partial charge in [-0.05, 0) is 37.1 Å². The van der Waals surface area contributed by atoms with Crippen LogP contribution >= 0.6 is 11.8 Å². The Morgan fingerprint density at radius 2 is 1.89 bits per heavy atom. The predicted molar refractivity (Wildman–Crippen MR) is 110 cm³/mol. The number of sulfone groups is 1. The van der Waals surface area contributed by atoms with Gasteiger partial charge in [-0.25, -0.2) is 8.42 Å². The lowest BCUT2D eigenvalue weighted by Gasteiger charge is -2.28. The van der Waals surface area contributed by atoms with Crippen molar-refractivity contribution in [2.24, 2.45) is 0 Å². The Hall–Kier alpha value is -2.05. The molecular formula is C21H23NO3S2. The van der Waals surface area contributed by atoms with Crippen LogP contribution in [0.2, 0.25) is 0 Å². The Morgan fingerprint density at radius 1 is 1.15 bits per heavy atom. The van der Waals surface area contributed by atoms with Gasteiger partial charge >= 0.3 is 0 Å². The highest BCUT2D eigenvalue weighted by Gasteiger charge is 2.30. The van der Waals surface area contributed by atoms with E-state index >= 15 is 0 Å². The molecule has 0 unspecified atom stereocenters. The molecule has 1 aliphatic heterocycles. The standard InChI is InChI=1S/C21H23NO3S2/c1-16-8-9-17(2)20(12-16)26-14-21(23)22(13-18-6-4-3-5-7-18)19-10-11-27(24,25)15-19/h3-12,19H,13-15H2,1-2H3/t19-/m1/s1. The summed E-state index contributed by atoms with van der Waals surface area (Å²) < 4.78 is 23.7. The van der Waals surface area contributed by atoms with E-state index in [-0.39, 0.29) is 17.4 Å².